The monoisotopic (exact) mass is 525 g/mol. The van der Waals surface area contributed by atoms with E-state index >= 15 is 0 Å². The first kappa shape index (κ1) is 25.6. The Bertz CT molecular complexity index is 1450. The number of nitrogens with zero attached hydrogens (tertiary/aromatic N) is 3. The minimum absolute atomic E-state index is 0.00597. The lowest BCUT2D eigenvalue weighted by molar-refractivity contribution is -0.119. The number of methoxy groups -OCH3 is 1. The standard InChI is InChI=1S/C30H31N5O2S/c1-19-20(2)34(23-10-6-5-7-11-23)21(3)27(19)29-28(25-12-8-9-17-31-25)33-30(38)35(29)24-15-13-22(14-16-24)32-26(36)18-37-4/h5-17,28-29H,18H2,1-4H3,(H,32,36)(H,33,38). The van der Waals surface area contributed by atoms with Crippen molar-refractivity contribution >= 4 is 34.6 Å². The van der Waals surface area contributed by atoms with Crippen molar-refractivity contribution in [3.05, 3.63) is 107 Å². The fourth-order valence-electron chi connectivity index (χ4n) is 5.37. The van der Waals surface area contributed by atoms with Crippen molar-refractivity contribution in [2.45, 2.75) is 32.9 Å². The maximum atomic E-state index is 12.0. The van der Waals surface area contributed by atoms with Crippen molar-refractivity contribution < 1.29 is 9.53 Å². The second kappa shape index (κ2) is 10.8. The molecule has 0 radical (unpaired) electrons. The van der Waals surface area contributed by atoms with Crippen molar-refractivity contribution in [3.63, 3.8) is 0 Å². The molecular weight excluding hydrogens is 494 g/mol. The van der Waals surface area contributed by atoms with E-state index in [9.17, 15) is 4.79 Å². The second-order valence-corrected chi connectivity index (χ2v) is 9.79. The fraction of sp³-hybridized carbons (Fsp3) is 0.233. The van der Waals surface area contributed by atoms with Crippen LogP contribution in [-0.2, 0) is 9.53 Å². The van der Waals surface area contributed by atoms with Gasteiger partial charge in [-0.25, -0.2) is 0 Å². The van der Waals surface area contributed by atoms with Crippen LogP contribution in [0, 0.1) is 20.8 Å². The molecule has 2 N–H and O–H groups in total. The average molecular weight is 526 g/mol. The highest BCUT2D eigenvalue weighted by Crippen LogP contribution is 2.45. The summed E-state index contributed by atoms with van der Waals surface area (Å²) < 4.78 is 7.24. The van der Waals surface area contributed by atoms with E-state index in [2.05, 4.69) is 65.1 Å². The summed E-state index contributed by atoms with van der Waals surface area (Å²) in [5.74, 6) is -0.198. The Morgan fingerprint density at radius 3 is 2.34 bits per heavy atom. The van der Waals surface area contributed by atoms with Gasteiger partial charge in [0.05, 0.1) is 17.8 Å². The van der Waals surface area contributed by atoms with Crippen LogP contribution in [0.2, 0.25) is 0 Å². The molecule has 0 aliphatic carbocycles. The molecule has 194 valence electrons. The molecule has 2 aromatic heterocycles. The number of benzene rings is 2. The lowest BCUT2D eigenvalue weighted by Crippen LogP contribution is -2.29. The fourth-order valence-corrected chi connectivity index (χ4v) is 5.71. The van der Waals surface area contributed by atoms with Crippen molar-refractivity contribution in [2.75, 3.05) is 23.9 Å². The van der Waals surface area contributed by atoms with Crippen LogP contribution >= 0.6 is 12.2 Å². The van der Waals surface area contributed by atoms with Gasteiger partial charge in [-0.1, -0.05) is 24.3 Å². The van der Waals surface area contributed by atoms with Gasteiger partial charge in [0, 0.05) is 47.3 Å². The summed E-state index contributed by atoms with van der Waals surface area (Å²) in [6, 6.07) is 23.8. The number of pyridine rings is 1. The maximum absolute atomic E-state index is 12.0. The Labute approximate surface area is 228 Å². The Kier molecular flexibility index (Phi) is 7.26. The Morgan fingerprint density at radius 1 is 0.974 bits per heavy atom. The number of hydrogen-bond acceptors (Lipinski definition) is 4. The van der Waals surface area contributed by atoms with Crippen molar-refractivity contribution in [1.29, 1.82) is 0 Å². The molecule has 5 rings (SSSR count). The Balaban J connectivity index is 1.61. The van der Waals surface area contributed by atoms with Gasteiger partial charge in [0.25, 0.3) is 0 Å². The highest BCUT2D eigenvalue weighted by Gasteiger charge is 2.43. The number of thiocarbonyl (C=S) groups is 1. The molecule has 2 atom stereocenters. The maximum Gasteiger partial charge on any atom is 0.250 e. The van der Waals surface area contributed by atoms with E-state index in [1.54, 1.807) is 0 Å². The summed E-state index contributed by atoms with van der Waals surface area (Å²) >= 11 is 5.93. The summed E-state index contributed by atoms with van der Waals surface area (Å²) in [7, 11) is 1.50. The van der Waals surface area contributed by atoms with Crippen LogP contribution in [0.4, 0.5) is 11.4 Å². The molecule has 7 nitrogen and oxygen atoms in total. The van der Waals surface area contributed by atoms with Crippen LogP contribution < -0.4 is 15.5 Å². The SMILES string of the molecule is COCC(=O)Nc1ccc(N2C(=S)NC(c3ccccn3)C2c2c(C)c(C)n(-c3ccccc3)c2C)cc1. The molecule has 3 heterocycles. The molecule has 38 heavy (non-hydrogen) atoms. The van der Waals surface area contributed by atoms with E-state index in [4.69, 9.17) is 21.9 Å². The summed E-state index contributed by atoms with van der Waals surface area (Å²) in [6.45, 7) is 6.52. The number of carbonyl (C=O) groups is 1. The smallest absolute Gasteiger partial charge is 0.250 e. The van der Waals surface area contributed by atoms with Crippen LogP contribution in [-0.4, -0.2) is 34.3 Å². The van der Waals surface area contributed by atoms with Crippen molar-refractivity contribution in [3.8, 4) is 5.69 Å². The van der Waals surface area contributed by atoms with Gasteiger partial charge in [-0.15, -0.1) is 0 Å². The predicted molar refractivity (Wildman–Crippen MR) is 155 cm³/mol. The van der Waals surface area contributed by atoms with Gasteiger partial charge in [-0.05, 0) is 87.1 Å². The zero-order chi connectivity index (χ0) is 26.8. The first-order chi connectivity index (χ1) is 18.4. The molecule has 1 aliphatic heterocycles. The number of rotatable bonds is 7. The van der Waals surface area contributed by atoms with Crippen LogP contribution in [0.5, 0.6) is 0 Å². The number of ether oxygens (including phenoxy) is 1. The van der Waals surface area contributed by atoms with E-state index in [0.717, 1.165) is 22.8 Å². The minimum Gasteiger partial charge on any atom is -0.375 e. The van der Waals surface area contributed by atoms with Crippen LogP contribution in [0.3, 0.4) is 0 Å². The highest BCUT2D eigenvalue weighted by molar-refractivity contribution is 7.80. The van der Waals surface area contributed by atoms with Crippen molar-refractivity contribution in [1.82, 2.24) is 14.9 Å². The molecule has 4 aromatic rings. The average Bonchev–Trinajstić information content (AvgIpc) is 3.37. The second-order valence-electron chi connectivity index (χ2n) is 9.41. The van der Waals surface area contributed by atoms with E-state index in [1.807, 2.05) is 54.7 Å². The molecule has 0 saturated carbocycles. The molecule has 1 amide bonds. The zero-order valence-corrected chi connectivity index (χ0v) is 22.8. The van der Waals surface area contributed by atoms with Crippen LogP contribution in [0.15, 0.2) is 79.0 Å². The molecule has 2 unspecified atom stereocenters. The van der Waals surface area contributed by atoms with Crippen molar-refractivity contribution in [2.24, 2.45) is 0 Å². The number of anilines is 2. The zero-order valence-electron chi connectivity index (χ0n) is 21.9. The molecule has 1 saturated heterocycles. The number of amides is 1. The first-order valence-electron chi connectivity index (χ1n) is 12.5. The highest BCUT2D eigenvalue weighted by atomic mass is 32.1. The third kappa shape index (κ3) is 4.68. The van der Waals surface area contributed by atoms with Gasteiger partial charge in [0.15, 0.2) is 5.11 Å². The topological polar surface area (TPSA) is 71.4 Å². The largest absolute Gasteiger partial charge is 0.375 e. The van der Waals surface area contributed by atoms with Gasteiger partial charge in [0.1, 0.15) is 6.61 Å². The molecule has 0 spiro atoms. The Hall–Kier alpha value is -4.01. The van der Waals surface area contributed by atoms with E-state index < -0.39 is 0 Å². The van der Waals surface area contributed by atoms with Gasteiger partial charge in [-0.2, -0.15) is 0 Å². The number of aromatic nitrogens is 2. The number of carbonyl (C=O) groups excluding carboxylic acids is 1. The van der Waals surface area contributed by atoms with Gasteiger partial charge in [-0.3, -0.25) is 9.78 Å². The van der Waals surface area contributed by atoms with E-state index in [-0.39, 0.29) is 24.6 Å². The van der Waals surface area contributed by atoms with Gasteiger partial charge in [0.2, 0.25) is 5.91 Å². The summed E-state index contributed by atoms with van der Waals surface area (Å²) in [5, 5.41) is 7.04. The summed E-state index contributed by atoms with van der Waals surface area (Å²) in [6.07, 6.45) is 1.82. The quantitative estimate of drug-likeness (QED) is 0.308. The van der Waals surface area contributed by atoms with Gasteiger partial charge >= 0.3 is 0 Å². The lowest BCUT2D eigenvalue weighted by atomic mass is 9.93. The normalized spacial score (nSPS) is 16.9. The minimum atomic E-state index is -0.198. The van der Waals surface area contributed by atoms with E-state index in [0.29, 0.717) is 10.8 Å². The third-order valence-electron chi connectivity index (χ3n) is 7.12. The number of nitrogens with one attached hydrogen (secondary N) is 2. The molecule has 0 bridgehead atoms. The van der Waals surface area contributed by atoms with Gasteiger partial charge < -0.3 is 24.8 Å². The molecule has 1 fully saturated rings. The third-order valence-corrected chi connectivity index (χ3v) is 7.43. The molecule has 1 aliphatic rings. The van der Waals surface area contributed by atoms with Crippen LogP contribution in [0.1, 0.15) is 40.3 Å². The Morgan fingerprint density at radius 2 is 1.68 bits per heavy atom. The summed E-state index contributed by atoms with van der Waals surface area (Å²) in [4.78, 5) is 18.8. The first-order valence-corrected chi connectivity index (χ1v) is 12.9. The van der Waals surface area contributed by atoms with Crippen LogP contribution in [0.25, 0.3) is 5.69 Å². The number of hydrogen-bond donors (Lipinski definition) is 2. The predicted octanol–water partition coefficient (Wildman–Crippen LogP) is 5.56. The summed E-state index contributed by atoms with van der Waals surface area (Å²) in [5.41, 5.74) is 8.47. The lowest BCUT2D eigenvalue weighted by Gasteiger charge is -2.29. The van der Waals surface area contributed by atoms with E-state index in [1.165, 1.54) is 23.9 Å². The number of para-hydroxylation sites is 1. The molecular formula is C30H31N5O2S. The molecule has 2 aromatic carbocycles. The molecule has 8 heteroatoms.